The first kappa shape index (κ1) is 10.0. The summed E-state index contributed by atoms with van der Waals surface area (Å²) in [7, 11) is 2.04. The summed E-state index contributed by atoms with van der Waals surface area (Å²) >= 11 is 0. The van der Waals surface area contributed by atoms with Gasteiger partial charge >= 0.3 is 0 Å². The minimum atomic E-state index is 0.736. The summed E-state index contributed by atoms with van der Waals surface area (Å²) in [6, 6.07) is 0. The van der Waals surface area contributed by atoms with Gasteiger partial charge in [-0.2, -0.15) is 0 Å². The van der Waals surface area contributed by atoms with Crippen LogP contribution < -0.4 is 5.32 Å². The first-order chi connectivity index (χ1) is 5.73. The molecule has 72 valence electrons. The molecule has 1 aliphatic carbocycles. The molecule has 0 aromatic heterocycles. The molecule has 0 unspecified atom stereocenters. The third-order valence-electron chi connectivity index (χ3n) is 3.58. The number of nitrogens with one attached hydrogen (secondary N) is 1. The Morgan fingerprint density at radius 3 is 2.67 bits per heavy atom. The largest absolute Gasteiger partial charge is 0.320 e. The van der Waals surface area contributed by atoms with E-state index >= 15 is 0 Å². The van der Waals surface area contributed by atoms with Crippen molar-refractivity contribution in [1.82, 2.24) is 5.32 Å². The lowest BCUT2D eigenvalue weighted by Gasteiger charge is -2.06. The zero-order chi connectivity index (χ0) is 9.03. The van der Waals surface area contributed by atoms with E-state index in [2.05, 4.69) is 19.2 Å². The Hall–Kier alpha value is -0.0400. The standard InChI is InChI=1S/C11H23N/c1-4-11(2)9-10(11)7-5-6-8-12-3/h10,12H,4-9H2,1-3H3/t10-,11-/m1/s1. The molecule has 0 bridgehead atoms. The van der Waals surface area contributed by atoms with E-state index in [1.807, 2.05) is 7.05 Å². The van der Waals surface area contributed by atoms with Gasteiger partial charge in [0.25, 0.3) is 0 Å². The number of hydrogen-bond donors (Lipinski definition) is 1. The first-order valence-corrected chi connectivity index (χ1v) is 5.37. The Kier molecular flexibility index (Phi) is 3.57. The maximum Gasteiger partial charge on any atom is -0.00519 e. The second-order valence-corrected chi connectivity index (χ2v) is 4.51. The highest BCUT2D eigenvalue weighted by Crippen LogP contribution is 2.56. The Bertz CT molecular complexity index is 133. The highest BCUT2D eigenvalue weighted by molar-refractivity contribution is 4.97. The van der Waals surface area contributed by atoms with Gasteiger partial charge in [0.05, 0.1) is 0 Å². The summed E-state index contributed by atoms with van der Waals surface area (Å²) in [6.07, 6.45) is 7.10. The van der Waals surface area contributed by atoms with E-state index < -0.39 is 0 Å². The minimum Gasteiger partial charge on any atom is -0.320 e. The Balaban J connectivity index is 1.97. The number of hydrogen-bond acceptors (Lipinski definition) is 1. The smallest absolute Gasteiger partial charge is 0.00519 e. The second-order valence-electron chi connectivity index (χ2n) is 4.51. The van der Waals surface area contributed by atoms with Gasteiger partial charge in [-0.1, -0.05) is 26.7 Å². The molecule has 0 amide bonds. The third-order valence-corrected chi connectivity index (χ3v) is 3.58. The molecule has 0 saturated heterocycles. The van der Waals surface area contributed by atoms with Crippen molar-refractivity contribution in [1.29, 1.82) is 0 Å². The van der Waals surface area contributed by atoms with Crippen molar-refractivity contribution in [3.63, 3.8) is 0 Å². The molecule has 1 saturated carbocycles. The van der Waals surface area contributed by atoms with Crippen LogP contribution in [-0.4, -0.2) is 13.6 Å². The second kappa shape index (κ2) is 4.27. The fourth-order valence-electron chi connectivity index (χ4n) is 2.08. The van der Waals surface area contributed by atoms with Crippen molar-refractivity contribution >= 4 is 0 Å². The van der Waals surface area contributed by atoms with Gasteiger partial charge in [0, 0.05) is 0 Å². The lowest BCUT2D eigenvalue weighted by molar-refractivity contribution is 0.454. The molecule has 0 heterocycles. The molecule has 12 heavy (non-hydrogen) atoms. The lowest BCUT2D eigenvalue weighted by atomic mass is 10.0. The fraction of sp³-hybridized carbons (Fsp3) is 1.00. The summed E-state index contributed by atoms with van der Waals surface area (Å²) in [5.41, 5.74) is 0.736. The quantitative estimate of drug-likeness (QED) is 0.603. The van der Waals surface area contributed by atoms with Crippen LogP contribution in [0.4, 0.5) is 0 Å². The Labute approximate surface area is 76.9 Å². The minimum absolute atomic E-state index is 0.736. The molecular formula is C11H23N. The van der Waals surface area contributed by atoms with E-state index in [9.17, 15) is 0 Å². The van der Waals surface area contributed by atoms with Gasteiger partial charge in [-0.25, -0.2) is 0 Å². The van der Waals surface area contributed by atoms with Crippen LogP contribution in [0, 0.1) is 11.3 Å². The maximum absolute atomic E-state index is 3.20. The number of rotatable bonds is 6. The molecule has 1 heteroatoms. The van der Waals surface area contributed by atoms with Crippen LogP contribution in [0.25, 0.3) is 0 Å². The van der Waals surface area contributed by atoms with E-state index in [4.69, 9.17) is 0 Å². The molecule has 1 nitrogen and oxygen atoms in total. The van der Waals surface area contributed by atoms with Gasteiger partial charge < -0.3 is 5.32 Å². The van der Waals surface area contributed by atoms with Crippen LogP contribution in [0.15, 0.2) is 0 Å². The molecule has 0 spiro atoms. The van der Waals surface area contributed by atoms with Gasteiger partial charge in [-0.3, -0.25) is 0 Å². The van der Waals surface area contributed by atoms with Crippen molar-refractivity contribution < 1.29 is 0 Å². The van der Waals surface area contributed by atoms with Crippen molar-refractivity contribution in [3.8, 4) is 0 Å². The molecule has 1 rings (SSSR count). The van der Waals surface area contributed by atoms with Crippen molar-refractivity contribution in [2.75, 3.05) is 13.6 Å². The SMILES string of the molecule is CC[C@]1(C)C[C@H]1CCCCNC. The topological polar surface area (TPSA) is 12.0 Å². The molecule has 0 aromatic rings. The molecule has 2 atom stereocenters. The molecule has 0 radical (unpaired) electrons. The maximum atomic E-state index is 3.20. The highest BCUT2D eigenvalue weighted by atomic mass is 14.8. The Morgan fingerprint density at radius 1 is 1.42 bits per heavy atom. The van der Waals surface area contributed by atoms with Crippen LogP contribution in [0.2, 0.25) is 0 Å². The summed E-state index contributed by atoms with van der Waals surface area (Å²) in [5.74, 6) is 1.05. The van der Waals surface area contributed by atoms with Crippen molar-refractivity contribution in [3.05, 3.63) is 0 Å². The van der Waals surface area contributed by atoms with Crippen LogP contribution in [0.5, 0.6) is 0 Å². The van der Waals surface area contributed by atoms with Crippen LogP contribution >= 0.6 is 0 Å². The van der Waals surface area contributed by atoms with Crippen molar-refractivity contribution in [2.24, 2.45) is 11.3 Å². The van der Waals surface area contributed by atoms with Gasteiger partial charge in [-0.05, 0) is 44.2 Å². The van der Waals surface area contributed by atoms with Gasteiger partial charge in [-0.15, -0.1) is 0 Å². The lowest BCUT2D eigenvalue weighted by Crippen LogP contribution is -2.07. The van der Waals surface area contributed by atoms with Crippen LogP contribution in [-0.2, 0) is 0 Å². The summed E-state index contributed by atoms with van der Waals surface area (Å²) < 4.78 is 0. The van der Waals surface area contributed by atoms with Gasteiger partial charge in [0.1, 0.15) is 0 Å². The summed E-state index contributed by atoms with van der Waals surface area (Å²) in [5, 5.41) is 3.20. The average molecular weight is 169 g/mol. The molecule has 0 aliphatic heterocycles. The normalized spacial score (nSPS) is 33.8. The molecule has 1 N–H and O–H groups in total. The van der Waals surface area contributed by atoms with E-state index in [-0.39, 0.29) is 0 Å². The third kappa shape index (κ3) is 2.48. The Morgan fingerprint density at radius 2 is 2.17 bits per heavy atom. The fourth-order valence-corrected chi connectivity index (χ4v) is 2.08. The van der Waals surface area contributed by atoms with E-state index in [1.54, 1.807) is 0 Å². The average Bonchev–Trinajstić information content (AvgIpc) is 2.73. The molecule has 1 aliphatic rings. The van der Waals surface area contributed by atoms with E-state index in [0.29, 0.717) is 0 Å². The number of unbranched alkanes of at least 4 members (excludes halogenated alkanes) is 1. The highest BCUT2D eigenvalue weighted by Gasteiger charge is 2.46. The molecule has 1 fully saturated rings. The predicted molar refractivity (Wildman–Crippen MR) is 54.3 cm³/mol. The van der Waals surface area contributed by atoms with E-state index in [1.165, 1.54) is 38.6 Å². The van der Waals surface area contributed by atoms with Crippen LogP contribution in [0.1, 0.15) is 46.0 Å². The zero-order valence-corrected chi connectivity index (χ0v) is 8.82. The predicted octanol–water partition coefficient (Wildman–Crippen LogP) is 2.81. The zero-order valence-electron chi connectivity index (χ0n) is 8.82. The van der Waals surface area contributed by atoms with Crippen LogP contribution in [0.3, 0.4) is 0 Å². The van der Waals surface area contributed by atoms with E-state index in [0.717, 1.165) is 11.3 Å². The summed E-state index contributed by atoms with van der Waals surface area (Å²) in [6.45, 7) is 5.96. The van der Waals surface area contributed by atoms with Crippen molar-refractivity contribution in [2.45, 2.75) is 46.0 Å². The molecule has 0 aromatic carbocycles. The molecular weight excluding hydrogens is 146 g/mol. The monoisotopic (exact) mass is 169 g/mol. The van der Waals surface area contributed by atoms with Gasteiger partial charge in [0.15, 0.2) is 0 Å². The van der Waals surface area contributed by atoms with Gasteiger partial charge in [0.2, 0.25) is 0 Å². The first-order valence-electron chi connectivity index (χ1n) is 5.37. The summed E-state index contributed by atoms with van der Waals surface area (Å²) in [4.78, 5) is 0.